The third-order valence-corrected chi connectivity index (χ3v) is 3.35. The maximum absolute atomic E-state index is 4.49. The van der Waals surface area contributed by atoms with Crippen LogP contribution in [0.2, 0.25) is 0 Å². The molecule has 1 atom stereocenters. The highest BCUT2D eigenvalue weighted by Crippen LogP contribution is 2.23. The van der Waals surface area contributed by atoms with Crippen molar-refractivity contribution in [2.24, 2.45) is 7.05 Å². The zero-order valence-corrected chi connectivity index (χ0v) is 9.88. The molecule has 0 saturated carbocycles. The molecule has 0 saturated heterocycles. The first-order valence-electron chi connectivity index (χ1n) is 4.78. The van der Waals surface area contributed by atoms with E-state index in [4.69, 9.17) is 0 Å². The zero-order valence-electron chi connectivity index (χ0n) is 9.06. The molecule has 0 radical (unpaired) electrons. The van der Waals surface area contributed by atoms with Gasteiger partial charge in [0.1, 0.15) is 11.0 Å². The Labute approximate surface area is 93.0 Å². The second kappa shape index (κ2) is 4.12. The van der Waals surface area contributed by atoms with Gasteiger partial charge < -0.3 is 9.88 Å². The summed E-state index contributed by atoms with van der Waals surface area (Å²) >= 11 is 1.67. The second-order valence-electron chi connectivity index (χ2n) is 3.48. The molecule has 0 amide bonds. The molecule has 2 aromatic rings. The second-order valence-corrected chi connectivity index (χ2v) is 4.37. The molecule has 0 aliphatic rings. The van der Waals surface area contributed by atoms with E-state index >= 15 is 0 Å². The van der Waals surface area contributed by atoms with Gasteiger partial charge in [-0.05, 0) is 14.0 Å². The SMILES string of the molecule is CNC(c1nc(C)cs1)c1cncn1C. The summed E-state index contributed by atoms with van der Waals surface area (Å²) in [7, 11) is 3.93. The Morgan fingerprint density at radius 3 is 2.80 bits per heavy atom. The highest BCUT2D eigenvalue weighted by Gasteiger charge is 2.17. The maximum Gasteiger partial charge on any atom is 0.116 e. The van der Waals surface area contributed by atoms with E-state index in [1.165, 1.54) is 0 Å². The molecular weight excluding hydrogens is 208 g/mol. The molecule has 0 aliphatic carbocycles. The fourth-order valence-corrected chi connectivity index (χ4v) is 2.46. The molecule has 2 rings (SSSR count). The van der Waals surface area contributed by atoms with Crippen molar-refractivity contribution in [1.29, 1.82) is 0 Å². The highest BCUT2D eigenvalue weighted by atomic mass is 32.1. The average Bonchev–Trinajstić information content (AvgIpc) is 2.79. The summed E-state index contributed by atoms with van der Waals surface area (Å²) in [6.07, 6.45) is 3.68. The van der Waals surface area contributed by atoms with Gasteiger partial charge in [0.2, 0.25) is 0 Å². The quantitative estimate of drug-likeness (QED) is 0.855. The van der Waals surface area contributed by atoms with Crippen LogP contribution in [0.4, 0.5) is 0 Å². The van der Waals surface area contributed by atoms with Crippen LogP contribution in [-0.4, -0.2) is 21.6 Å². The number of hydrogen-bond acceptors (Lipinski definition) is 4. The van der Waals surface area contributed by atoms with Gasteiger partial charge in [-0.2, -0.15) is 0 Å². The fourth-order valence-electron chi connectivity index (χ4n) is 1.55. The summed E-state index contributed by atoms with van der Waals surface area (Å²) in [5, 5.41) is 6.41. The molecule has 0 fully saturated rings. The first-order chi connectivity index (χ1) is 7.22. The highest BCUT2D eigenvalue weighted by molar-refractivity contribution is 7.09. The van der Waals surface area contributed by atoms with E-state index < -0.39 is 0 Å². The molecule has 1 N–H and O–H groups in total. The Hall–Kier alpha value is -1.20. The number of nitrogens with zero attached hydrogens (tertiary/aromatic N) is 3. The molecule has 1 unspecified atom stereocenters. The number of aryl methyl sites for hydroxylation is 2. The number of nitrogens with one attached hydrogen (secondary N) is 1. The Kier molecular flexibility index (Phi) is 2.83. The van der Waals surface area contributed by atoms with Crippen LogP contribution in [0.3, 0.4) is 0 Å². The molecule has 2 heterocycles. The van der Waals surface area contributed by atoms with Crippen molar-refractivity contribution in [2.75, 3.05) is 7.05 Å². The van der Waals surface area contributed by atoms with E-state index in [1.54, 1.807) is 17.7 Å². The van der Waals surface area contributed by atoms with E-state index in [1.807, 2.05) is 31.8 Å². The standard InChI is InChI=1S/C10H14N4S/c1-7-5-15-10(13-7)9(11-2)8-4-12-6-14(8)3/h4-6,9,11H,1-3H3. The van der Waals surface area contributed by atoms with Crippen LogP contribution < -0.4 is 5.32 Å². The van der Waals surface area contributed by atoms with Gasteiger partial charge in [0, 0.05) is 18.1 Å². The predicted molar refractivity (Wildman–Crippen MR) is 61.0 cm³/mol. The van der Waals surface area contributed by atoms with Crippen molar-refractivity contribution >= 4 is 11.3 Å². The van der Waals surface area contributed by atoms with Crippen molar-refractivity contribution in [3.05, 3.63) is 34.3 Å². The lowest BCUT2D eigenvalue weighted by Crippen LogP contribution is -2.19. The number of rotatable bonds is 3. The van der Waals surface area contributed by atoms with Gasteiger partial charge in [0.15, 0.2) is 0 Å². The molecule has 2 aromatic heterocycles. The van der Waals surface area contributed by atoms with Crippen molar-refractivity contribution in [3.63, 3.8) is 0 Å². The Morgan fingerprint density at radius 2 is 2.33 bits per heavy atom. The minimum Gasteiger partial charge on any atom is -0.336 e. The van der Waals surface area contributed by atoms with Crippen LogP contribution in [-0.2, 0) is 7.05 Å². The largest absolute Gasteiger partial charge is 0.336 e. The number of thiazole rings is 1. The predicted octanol–water partition coefficient (Wildman–Crippen LogP) is 1.49. The smallest absolute Gasteiger partial charge is 0.116 e. The Morgan fingerprint density at radius 1 is 1.53 bits per heavy atom. The lowest BCUT2D eigenvalue weighted by molar-refractivity contribution is 0.633. The lowest BCUT2D eigenvalue weighted by Gasteiger charge is -2.13. The van der Waals surface area contributed by atoms with Gasteiger partial charge >= 0.3 is 0 Å². The molecule has 0 spiro atoms. The molecule has 80 valence electrons. The summed E-state index contributed by atoms with van der Waals surface area (Å²) < 4.78 is 2.01. The monoisotopic (exact) mass is 222 g/mol. The normalized spacial score (nSPS) is 13.0. The van der Waals surface area contributed by atoms with Crippen LogP contribution in [0.15, 0.2) is 17.9 Å². The molecular formula is C10H14N4S. The van der Waals surface area contributed by atoms with Crippen LogP contribution in [0.5, 0.6) is 0 Å². The molecule has 0 aliphatic heterocycles. The van der Waals surface area contributed by atoms with Crippen molar-refractivity contribution < 1.29 is 0 Å². The third kappa shape index (κ3) is 1.93. The fraction of sp³-hybridized carbons (Fsp3) is 0.400. The first-order valence-corrected chi connectivity index (χ1v) is 5.66. The van der Waals surface area contributed by atoms with Gasteiger partial charge in [0.25, 0.3) is 0 Å². The summed E-state index contributed by atoms with van der Waals surface area (Å²) in [5.74, 6) is 0. The van der Waals surface area contributed by atoms with Crippen molar-refractivity contribution in [2.45, 2.75) is 13.0 Å². The van der Waals surface area contributed by atoms with Gasteiger partial charge in [-0.3, -0.25) is 0 Å². The van der Waals surface area contributed by atoms with Crippen LogP contribution in [0.1, 0.15) is 22.4 Å². The first kappa shape index (κ1) is 10.3. The summed E-state index contributed by atoms with van der Waals surface area (Å²) in [4.78, 5) is 8.62. The van der Waals surface area contributed by atoms with E-state index in [0.29, 0.717) is 0 Å². The van der Waals surface area contributed by atoms with E-state index in [2.05, 4.69) is 20.7 Å². The lowest BCUT2D eigenvalue weighted by atomic mass is 10.2. The maximum atomic E-state index is 4.49. The Bertz CT molecular complexity index is 446. The zero-order chi connectivity index (χ0) is 10.8. The van der Waals surface area contributed by atoms with E-state index in [-0.39, 0.29) is 6.04 Å². The van der Waals surface area contributed by atoms with Crippen LogP contribution in [0, 0.1) is 6.92 Å². The van der Waals surface area contributed by atoms with Crippen molar-refractivity contribution in [3.8, 4) is 0 Å². The molecule has 0 bridgehead atoms. The average molecular weight is 222 g/mol. The van der Waals surface area contributed by atoms with Gasteiger partial charge in [-0.15, -0.1) is 11.3 Å². The van der Waals surface area contributed by atoms with E-state index in [9.17, 15) is 0 Å². The van der Waals surface area contributed by atoms with Gasteiger partial charge in [0.05, 0.1) is 18.2 Å². The van der Waals surface area contributed by atoms with Crippen LogP contribution in [0.25, 0.3) is 0 Å². The minimum atomic E-state index is 0.135. The van der Waals surface area contributed by atoms with Crippen LogP contribution >= 0.6 is 11.3 Å². The molecule has 15 heavy (non-hydrogen) atoms. The van der Waals surface area contributed by atoms with E-state index in [0.717, 1.165) is 16.4 Å². The number of imidazole rings is 1. The number of aromatic nitrogens is 3. The molecule has 0 aromatic carbocycles. The summed E-state index contributed by atoms with van der Waals surface area (Å²) in [5.41, 5.74) is 2.20. The van der Waals surface area contributed by atoms with Gasteiger partial charge in [-0.25, -0.2) is 9.97 Å². The summed E-state index contributed by atoms with van der Waals surface area (Å²) in [6.45, 7) is 2.01. The number of hydrogen-bond donors (Lipinski definition) is 1. The molecule has 5 heteroatoms. The van der Waals surface area contributed by atoms with Crippen molar-refractivity contribution in [1.82, 2.24) is 19.9 Å². The Balaban J connectivity index is 2.36. The summed E-state index contributed by atoms with van der Waals surface area (Å²) in [6, 6.07) is 0.135. The van der Waals surface area contributed by atoms with Gasteiger partial charge in [-0.1, -0.05) is 0 Å². The minimum absolute atomic E-state index is 0.135. The third-order valence-electron chi connectivity index (χ3n) is 2.32. The molecule has 4 nitrogen and oxygen atoms in total. The topological polar surface area (TPSA) is 42.7 Å².